The molecule has 5 nitrogen and oxygen atoms in total. The van der Waals surface area contributed by atoms with Gasteiger partial charge in [-0.1, -0.05) is 54.4 Å². The molecule has 3 aromatic rings. The second kappa shape index (κ2) is 11.3. The fraction of sp³-hybridized carbons (Fsp3) is 0.357. The number of carbonyl (C=O) groups is 1. The molecule has 0 atom stereocenters. The Hall–Kier alpha value is -2.76. The minimum atomic E-state index is -0.551. The third-order valence-electron chi connectivity index (χ3n) is 5.66. The van der Waals surface area contributed by atoms with Gasteiger partial charge in [-0.2, -0.15) is 0 Å². The Morgan fingerprint density at radius 2 is 1.69 bits per heavy atom. The van der Waals surface area contributed by atoms with Crippen molar-refractivity contribution in [3.8, 4) is 0 Å². The minimum Gasteiger partial charge on any atom is -0.456 e. The summed E-state index contributed by atoms with van der Waals surface area (Å²) in [6.07, 6.45) is 1.52. The average Bonchev–Trinajstić information content (AvgIpc) is 2.81. The van der Waals surface area contributed by atoms with Gasteiger partial charge in [0.25, 0.3) is 5.56 Å². The summed E-state index contributed by atoms with van der Waals surface area (Å²) in [6, 6.07) is 17.0. The van der Waals surface area contributed by atoms with Crippen LogP contribution in [0.25, 0.3) is 0 Å². The molecular formula is C28H32Cl2N2O3. The topological polar surface area (TPSA) is 51.5 Å². The van der Waals surface area contributed by atoms with E-state index in [9.17, 15) is 9.59 Å². The van der Waals surface area contributed by atoms with Gasteiger partial charge in [-0.05, 0) is 75.1 Å². The molecule has 0 fully saturated rings. The van der Waals surface area contributed by atoms with Crippen molar-refractivity contribution in [1.29, 1.82) is 0 Å². The predicted molar refractivity (Wildman–Crippen MR) is 144 cm³/mol. The van der Waals surface area contributed by atoms with Crippen LogP contribution in [0, 0.1) is 0 Å². The molecule has 0 spiro atoms. The van der Waals surface area contributed by atoms with E-state index in [2.05, 4.69) is 24.0 Å². The van der Waals surface area contributed by atoms with Crippen molar-refractivity contribution >= 4 is 34.9 Å². The highest BCUT2D eigenvalue weighted by Gasteiger charge is 2.18. The van der Waals surface area contributed by atoms with Crippen LogP contribution in [-0.2, 0) is 30.7 Å². The molecule has 2 aromatic carbocycles. The first-order chi connectivity index (χ1) is 16.5. The fourth-order valence-corrected chi connectivity index (χ4v) is 4.29. The smallest absolute Gasteiger partial charge is 0.338 e. The second-order valence-corrected chi connectivity index (χ2v) is 10.4. The lowest BCUT2D eigenvalue weighted by atomic mass is 10.1. The van der Waals surface area contributed by atoms with Crippen LogP contribution >= 0.6 is 23.2 Å². The van der Waals surface area contributed by atoms with Crippen LogP contribution in [0.5, 0.6) is 0 Å². The molecule has 7 heteroatoms. The van der Waals surface area contributed by atoms with Gasteiger partial charge in [-0.25, -0.2) is 4.79 Å². The zero-order valence-corrected chi connectivity index (χ0v) is 22.4. The third kappa shape index (κ3) is 7.12. The first kappa shape index (κ1) is 26.8. The molecule has 0 aliphatic heterocycles. The van der Waals surface area contributed by atoms with Crippen LogP contribution in [0.2, 0.25) is 10.0 Å². The molecule has 0 aliphatic carbocycles. The molecule has 0 bridgehead atoms. The molecule has 3 rings (SSSR count). The maximum Gasteiger partial charge on any atom is 0.338 e. The monoisotopic (exact) mass is 514 g/mol. The van der Waals surface area contributed by atoms with Gasteiger partial charge in [0, 0.05) is 19.3 Å². The number of hydrogen-bond acceptors (Lipinski definition) is 4. The quantitative estimate of drug-likeness (QED) is 0.319. The maximum absolute atomic E-state index is 13.0. The van der Waals surface area contributed by atoms with E-state index < -0.39 is 5.60 Å². The minimum absolute atomic E-state index is 0.0923. The van der Waals surface area contributed by atoms with Gasteiger partial charge in [0.1, 0.15) is 10.6 Å². The van der Waals surface area contributed by atoms with Crippen LogP contribution in [0.4, 0.5) is 5.69 Å². The lowest BCUT2D eigenvalue weighted by molar-refractivity contribution is 0.00695. The lowest BCUT2D eigenvalue weighted by Gasteiger charge is -2.23. The Balaban J connectivity index is 1.80. The molecule has 0 saturated heterocycles. The first-order valence-electron chi connectivity index (χ1n) is 11.7. The number of aryl methyl sites for hydroxylation is 2. The summed E-state index contributed by atoms with van der Waals surface area (Å²) >= 11 is 12.8. The fourth-order valence-electron chi connectivity index (χ4n) is 3.75. The van der Waals surface area contributed by atoms with Crippen molar-refractivity contribution in [2.24, 2.45) is 0 Å². The summed E-state index contributed by atoms with van der Waals surface area (Å²) in [5.74, 6) is -0.362. The van der Waals surface area contributed by atoms with Gasteiger partial charge in [0.2, 0.25) is 0 Å². The first-order valence-corrected chi connectivity index (χ1v) is 12.4. The van der Waals surface area contributed by atoms with E-state index in [0.29, 0.717) is 35.8 Å². The Bertz CT molecular complexity index is 1240. The van der Waals surface area contributed by atoms with Crippen LogP contribution in [0.15, 0.2) is 59.4 Å². The van der Waals surface area contributed by atoms with Crippen molar-refractivity contribution in [2.75, 3.05) is 11.9 Å². The number of pyridine rings is 1. The molecule has 1 heterocycles. The largest absolute Gasteiger partial charge is 0.456 e. The lowest BCUT2D eigenvalue weighted by Crippen LogP contribution is -2.29. The molecule has 186 valence electrons. The summed E-state index contributed by atoms with van der Waals surface area (Å²) in [4.78, 5) is 27.3. The van der Waals surface area contributed by atoms with Crippen LogP contribution < -0.4 is 10.5 Å². The molecule has 0 N–H and O–H groups in total. The number of carbonyl (C=O) groups excluding carboxylic acids is 1. The third-order valence-corrected chi connectivity index (χ3v) is 6.26. The molecule has 0 amide bonds. The summed E-state index contributed by atoms with van der Waals surface area (Å²) in [6.45, 7) is 8.49. The van der Waals surface area contributed by atoms with Crippen LogP contribution in [0.3, 0.4) is 0 Å². The zero-order valence-electron chi connectivity index (χ0n) is 20.9. The highest BCUT2D eigenvalue weighted by molar-refractivity contribution is 6.34. The zero-order chi connectivity index (χ0) is 25.8. The Morgan fingerprint density at radius 1 is 1.00 bits per heavy atom. The van der Waals surface area contributed by atoms with Gasteiger partial charge >= 0.3 is 5.97 Å². The average molecular weight is 515 g/mol. The number of benzene rings is 2. The number of rotatable bonds is 8. The van der Waals surface area contributed by atoms with Crippen molar-refractivity contribution in [3.63, 3.8) is 0 Å². The van der Waals surface area contributed by atoms with Gasteiger partial charge < -0.3 is 14.2 Å². The highest BCUT2D eigenvalue weighted by Crippen LogP contribution is 2.23. The van der Waals surface area contributed by atoms with Crippen molar-refractivity contribution < 1.29 is 9.53 Å². The Morgan fingerprint density at radius 3 is 2.31 bits per heavy atom. The number of aromatic nitrogens is 1. The molecule has 35 heavy (non-hydrogen) atoms. The molecule has 0 radical (unpaired) electrons. The molecule has 0 unspecified atom stereocenters. The van der Waals surface area contributed by atoms with Crippen molar-refractivity contribution in [3.05, 3.63) is 97.4 Å². The van der Waals surface area contributed by atoms with Crippen molar-refractivity contribution in [2.45, 2.75) is 59.2 Å². The van der Waals surface area contributed by atoms with E-state index in [0.717, 1.165) is 17.7 Å². The normalized spacial score (nSPS) is 11.4. The van der Waals surface area contributed by atoms with Crippen LogP contribution in [-0.4, -0.2) is 23.2 Å². The van der Waals surface area contributed by atoms with Gasteiger partial charge in [0.05, 0.1) is 22.8 Å². The van der Waals surface area contributed by atoms with Gasteiger partial charge in [-0.3, -0.25) is 4.79 Å². The van der Waals surface area contributed by atoms with Gasteiger partial charge in [0.15, 0.2) is 0 Å². The summed E-state index contributed by atoms with van der Waals surface area (Å²) in [7, 11) is 1.98. The summed E-state index contributed by atoms with van der Waals surface area (Å²) in [5.41, 5.74) is 3.64. The number of anilines is 1. The molecular weight excluding hydrogens is 483 g/mol. The van der Waals surface area contributed by atoms with Crippen molar-refractivity contribution in [1.82, 2.24) is 4.57 Å². The Labute approximate surface area is 217 Å². The van der Waals surface area contributed by atoms with E-state index in [1.54, 1.807) is 16.7 Å². The highest BCUT2D eigenvalue weighted by atomic mass is 35.5. The van der Waals surface area contributed by atoms with E-state index in [1.165, 1.54) is 11.6 Å². The van der Waals surface area contributed by atoms with Gasteiger partial charge in [-0.15, -0.1) is 0 Å². The van der Waals surface area contributed by atoms with Crippen LogP contribution in [0.1, 0.15) is 54.9 Å². The predicted octanol–water partition coefficient (Wildman–Crippen LogP) is 6.55. The molecule has 0 aliphatic rings. The standard InChI is InChI=1S/C28H32Cl2N2O3/c1-6-19-8-7-9-22(16-19)31(5)18-25-23(29)17-24(30)26(33)32(25)15-14-20-10-12-21(13-11-20)27(34)35-28(2,3)4/h7-13,16-17H,6,14-15,18H2,1-5H3. The summed E-state index contributed by atoms with van der Waals surface area (Å²) in [5, 5.41) is 0.544. The number of ether oxygens (including phenoxy) is 1. The number of hydrogen-bond donors (Lipinski definition) is 0. The van der Waals surface area contributed by atoms with E-state index in [-0.39, 0.29) is 16.6 Å². The van der Waals surface area contributed by atoms with E-state index in [4.69, 9.17) is 27.9 Å². The number of esters is 1. The maximum atomic E-state index is 13.0. The Kier molecular flexibility index (Phi) is 8.68. The van der Waals surface area contributed by atoms with E-state index in [1.807, 2.05) is 52.1 Å². The molecule has 0 saturated carbocycles. The molecule has 1 aromatic heterocycles. The second-order valence-electron chi connectivity index (χ2n) is 9.57. The number of nitrogens with zero attached hydrogens (tertiary/aromatic N) is 2. The number of halogens is 2. The summed E-state index contributed by atoms with van der Waals surface area (Å²) < 4.78 is 7.07. The van der Waals surface area contributed by atoms with E-state index >= 15 is 0 Å². The SMILES string of the molecule is CCc1cccc(N(C)Cc2c(Cl)cc(Cl)c(=O)n2CCc2ccc(C(=O)OC(C)(C)C)cc2)c1.